The Balaban J connectivity index is 2.23. The number of carbonyl (C=O) groups excluding carboxylic acids is 1. The number of nitrogens with zero attached hydrogens (tertiary/aromatic N) is 1. The number of benzene rings is 1. The van der Waals surface area contributed by atoms with Crippen molar-refractivity contribution in [2.24, 2.45) is 5.92 Å². The van der Waals surface area contributed by atoms with Crippen molar-refractivity contribution in [3.8, 4) is 0 Å². The zero-order valence-corrected chi connectivity index (χ0v) is 12.6. The lowest BCUT2D eigenvalue weighted by atomic mass is 10.1. The molecular weight excluding hydrogens is 290 g/mol. The van der Waals surface area contributed by atoms with Crippen molar-refractivity contribution in [3.05, 3.63) is 28.2 Å². The molecule has 2 nitrogen and oxygen atoms in total. The van der Waals surface area contributed by atoms with Crippen LogP contribution < -0.4 is 4.90 Å². The first kappa shape index (κ1) is 13.6. The number of hydrogen-bond acceptors (Lipinski definition) is 2. The monoisotopic (exact) mass is 309 g/mol. The molecule has 0 amide bonds. The molecule has 1 aliphatic carbocycles. The molecule has 2 rings (SSSR count). The third-order valence-corrected chi connectivity index (χ3v) is 3.86. The molecule has 0 aliphatic heterocycles. The fourth-order valence-electron chi connectivity index (χ4n) is 2.15. The van der Waals surface area contributed by atoms with Crippen molar-refractivity contribution in [3.63, 3.8) is 0 Å². The van der Waals surface area contributed by atoms with E-state index in [-0.39, 0.29) is 0 Å². The molecule has 1 saturated carbocycles. The lowest BCUT2D eigenvalue weighted by Crippen LogP contribution is -2.28. The van der Waals surface area contributed by atoms with Gasteiger partial charge in [-0.15, -0.1) is 0 Å². The minimum Gasteiger partial charge on any atom is -0.368 e. The van der Waals surface area contributed by atoms with Gasteiger partial charge < -0.3 is 4.90 Å². The summed E-state index contributed by atoms with van der Waals surface area (Å²) < 4.78 is 1.04. The van der Waals surface area contributed by atoms with Gasteiger partial charge in [-0.05, 0) is 43.4 Å². The second-order valence-electron chi connectivity index (χ2n) is 5.43. The summed E-state index contributed by atoms with van der Waals surface area (Å²) in [5, 5.41) is 0. The number of halogens is 1. The molecule has 1 fully saturated rings. The lowest BCUT2D eigenvalue weighted by molar-refractivity contribution is 0.112. The first-order valence-electron chi connectivity index (χ1n) is 6.63. The van der Waals surface area contributed by atoms with Gasteiger partial charge >= 0.3 is 0 Å². The third kappa shape index (κ3) is 3.35. The van der Waals surface area contributed by atoms with Crippen LogP contribution in [0.1, 0.15) is 43.5 Å². The fraction of sp³-hybridized carbons (Fsp3) is 0.533. The predicted octanol–water partition coefficient (Wildman–Crippen LogP) is 4.28. The minimum absolute atomic E-state index is 0.636. The van der Waals surface area contributed by atoms with Crippen molar-refractivity contribution < 1.29 is 4.79 Å². The van der Waals surface area contributed by atoms with Gasteiger partial charge in [-0.3, -0.25) is 4.79 Å². The lowest BCUT2D eigenvalue weighted by Gasteiger charge is -2.27. The Morgan fingerprint density at radius 3 is 2.72 bits per heavy atom. The summed E-state index contributed by atoms with van der Waals surface area (Å²) in [6.07, 6.45) is 4.64. The van der Waals surface area contributed by atoms with Crippen LogP contribution in [0.15, 0.2) is 22.7 Å². The minimum atomic E-state index is 0.636. The number of rotatable bonds is 6. The predicted molar refractivity (Wildman–Crippen MR) is 79.4 cm³/mol. The number of carbonyl (C=O) groups is 1. The summed E-state index contributed by atoms with van der Waals surface area (Å²) in [6.45, 7) is 5.53. The highest BCUT2D eigenvalue weighted by Crippen LogP contribution is 2.35. The molecule has 0 atom stereocenters. The van der Waals surface area contributed by atoms with Crippen LogP contribution in [-0.2, 0) is 0 Å². The first-order chi connectivity index (χ1) is 8.61. The van der Waals surface area contributed by atoms with Crippen LogP contribution in [0.25, 0.3) is 0 Å². The van der Waals surface area contributed by atoms with E-state index in [9.17, 15) is 4.79 Å². The number of aldehydes is 1. The molecule has 0 radical (unpaired) electrons. The Morgan fingerprint density at radius 1 is 1.44 bits per heavy atom. The molecule has 0 N–H and O–H groups in total. The normalized spacial score (nSPS) is 14.9. The SMILES string of the molecule is CC(C)CCN(c1cc(Br)ccc1C=O)C1CC1. The summed E-state index contributed by atoms with van der Waals surface area (Å²) in [4.78, 5) is 13.6. The summed E-state index contributed by atoms with van der Waals surface area (Å²) in [5.74, 6) is 0.693. The largest absolute Gasteiger partial charge is 0.368 e. The fourth-order valence-corrected chi connectivity index (χ4v) is 2.50. The Morgan fingerprint density at radius 2 is 2.17 bits per heavy atom. The topological polar surface area (TPSA) is 20.3 Å². The highest BCUT2D eigenvalue weighted by molar-refractivity contribution is 9.10. The Hall–Kier alpha value is -0.830. The Labute approximate surface area is 117 Å². The average molecular weight is 310 g/mol. The van der Waals surface area contributed by atoms with E-state index in [0.29, 0.717) is 12.0 Å². The van der Waals surface area contributed by atoms with Gasteiger partial charge in [-0.1, -0.05) is 29.8 Å². The van der Waals surface area contributed by atoms with Gasteiger partial charge in [0, 0.05) is 28.3 Å². The van der Waals surface area contributed by atoms with Crippen molar-refractivity contribution in [2.75, 3.05) is 11.4 Å². The van der Waals surface area contributed by atoms with Crippen LogP contribution in [0.2, 0.25) is 0 Å². The molecule has 0 saturated heterocycles. The molecule has 98 valence electrons. The van der Waals surface area contributed by atoms with Crippen LogP contribution in [0.5, 0.6) is 0 Å². The van der Waals surface area contributed by atoms with Crippen LogP contribution >= 0.6 is 15.9 Å². The van der Waals surface area contributed by atoms with E-state index in [1.165, 1.54) is 19.3 Å². The molecule has 18 heavy (non-hydrogen) atoms. The van der Waals surface area contributed by atoms with Gasteiger partial charge in [0.25, 0.3) is 0 Å². The standard InChI is InChI=1S/C15H20BrNO/c1-11(2)7-8-17(14-5-6-14)15-9-13(16)4-3-12(15)10-18/h3-4,9-11,14H,5-8H2,1-2H3. The van der Waals surface area contributed by atoms with Gasteiger partial charge in [-0.2, -0.15) is 0 Å². The van der Waals surface area contributed by atoms with Gasteiger partial charge in [0.1, 0.15) is 0 Å². The quantitative estimate of drug-likeness (QED) is 0.731. The molecule has 1 aliphatic rings. The van der Waals surface area contributed by atoms with Crippen molar-refractivity contribution in [1.82, 2.24) is 0 Å². The molecule has 1 aromatic carbocycles. The van der Waals surface area contributed by atoms with Crippen LogP contribution in [0, 0.1) is 5.92 Å². The van der Waals surface area contributed by atoms with Crippen molar-refractivity contribution in [2.45, 2.75) is 39.2 Å². The van der Waals surface area contributed by atoms with Gasteiger partial charge in [0.2, 0.25) is 0 Å². The van der Waals surface area contributed by atoms with Crippen molar-refractivity contribution in [1.29, 1.82) is 0 Å². The second kappa shape index (κ2) is 5.87. The molecule has 0 spiro atoms. The first-order valence-corrected chi connectivity index (χ1v) is 7.42. The number of anilines is 1. The van der Waals surface area contributed by atoms with E-state index in [1.54, 1.807) is 0 Å². The molecular formula is C15H20BrNO. The maximum atomic E-state index is 11.2. The number of hydrogen-bond donors (Lipinski definition) is 0. The van der Waals surface area contributed by atoms with E-state index in [2.05, 4.69) is 40.7 Å². The zero-order valence-electron chi connectivity index (χ0n) is 11.0. The van der Waals surface area contributed by atoms with Crippen molar-refractivity contribution >= 4 is 27.9 Å². The Kier molecular flexibility index (Phi) is 4.44. The molecule has 0 heterocycles. The van der Waals surface area contributed by atoms with Crippen LogP contribution in [0.3, 0.4) is 0 Å². The molecule has 0 unspecified atom stereocenters. The van der Waals surface area contributed by atoms with E-state index in [4.69, 9.17) is 0 Å². The third-order valence-electron chi connectivity index (χ3n) is 3.36. The summed E-state index contributed by atoms with van der Waals surface area (Å²) in [6, 6.07) is 6.54. The summed E-state index contributed by atoms with van der Waals surface area (Å²) in [5.41, 5.74) is 1.89. The summed E-state index contributed by atoms with van der Waals surface area (Å²) in [7, 11) is 0. The highest BCUT2D eigenvalue weighted by atomic mass is 79.9. The van der Waals surface area contributed by atoms with Crippen LogP contribution in [-0.4, -0.2) is 18.9 Å². The smallest absolute Gasteiger partial charge is 0.152 e. The van der Waals surface area contributed by atoms with E-state index in [1.807, 2.05) is 12.1 Å². The maximum absolute atomic E-state index is 11.2. The second-order valence-corrected chi connectivity index (χ2v) is 6.34. The molecule has 0 bridgehead atoms. The zero-order chi connectivity index (χ0) is 13.1. The van der Waals surface area contributed by atoms with E-state index < -0.39 is 0 Å². The molecule has 0 aromatic heterocycles. The van der Waals surface area contributed by atoms with Crippen LogP contribution in [0.4, 0.5) is 5.69 Å². The van der Waals surface area contributed by atoms with Gasteiger partial charge in [0.15, 0.2) is 6.29 Å². The highest BCUT2D eigenvalue weighted by Gasteiger charge is 2.30. The maximum Gasteiger partial charge on any atom is 0.152 e. The molecule has 1 aromatic rings. The molecule has 3 heteroatoms. The average Bonchev–Trinajstić information content (AvgIpc) is 3.14. The van der Waals surface area contributed by atoms with E-state index >= 15 is 0 Å². The van der Waals surface area contributed by atoms with Gasteiger partial charge in [0.05, 0.1) is 0 Å². The van der Waals surface area contributed by atoms with E-state index in [0.717, 1.165) is 28.6 Å². The van der Waals surface area contributed by atoms with Gasteiger partial charge in [-0.25, -0.2) is 0 Å². The summed E-state index contributed by atoms with van der Waals surface area (Å²) >= 11 is 3.50. The Bertz CT molecular complexity index is 427.